The molecule has 9 aromatic carbocycles. The zero-order valence-corrected chi connectivity index (χ0v) is 30.7. The maximum atomic E-state index is 2.44. The maximum Gasteiger partial charge on any atom is 0.0541 e. The Bertz CT molecular complexity index is 3220. The Morgan fingerprint density at radius 3 is 1.07 bits per heavy atom. The van der Waals surface area contributed by atoms with Crippen LogP contribution in [0.25, 0.3) is 99.5 Å². The molecule has 0 unspecified atom stereocenters. The highest BCUT2D eigenvalue weighted by molar-refractivity contribution is 6.13. The summed E-state index contributed by atoms with van der Waals surface area (Å²) in [4.78, 5) is 0. The van der Waals surface area contributed by atoms with Crippen molar-refractivity contribution in [2.24, 2.45) is 0 Å². The normalized spacial score (nSPS) is 11.6. The van der Waals surface area contributed by atoms with Crippen LogP contribution in [0, 0.1) is 0 Å². The number of para-hydroxylation sites is 4. The van der Waals surface area contributed by atoms with Gasteiger partial charge in [0.15, 0.2) is 0 Å². The highest BCUT2D eigenvalue weighted by atomic mass is 15.0. The van der Waals surface area contributed by atoms with Crippen molar-refractivity contribution in [3.05, 3.63) is 218 Å². The first kappa shape index (κ1) is 32.0. The SMILES string of the molecule is c1ccc(-c2ccc(-c3ccccc3-n3c4ccccc4c4cc(-c5ccc6c(c5)c5ccccc5n6-c5ccccc5-c5ccccc5)ccc43)cc2)cc1. The summed E-state index contributed by atoms with van der Waals surface area (Å²) in [6, 6.07) is 79.3. The van der Waals surface area contributed by atoms with Crippen molar-refractivity contribution in [1.82, 2.24) is 9.13 Å². The van der Waals surface area contributed by atoms with Crippen molar-refractivity contribution >= 4 is 43.6 Å². The predicted molar refractivity (Wildman–Crippen MR) is 237 cm³/mol. The highest BCUT2D eigenvalue weighted by Crippen LogP contribution is 2.41. The second-order valence-corrected chi connectivity index (χ2v) is 14.5. The molecule has 0 N–H and O–H groups in total. The molecule has 0 aliphatic carbocycles. The second-order valence-electron chi connectivity index (χ2n) is 14.5. The van der Waals surface area contributed by atoms with E-state index in [1.54, 1.807) is 0 Å². The summed E-state index contributed by atoms with van der Waals surface area (Å²) in [7, 11) is 0. The van der Waals surface area contributed by atoms with Crippen LogP contribution in [0.5, 0.6) is 0 Å². The van der Waals surface area contributed by atoms with Crippen LogP contribution in [0.4, 0.5) is 0 Å². The van der Waals surface area contributed by atoms with E-state index in [0.29, 0.717) is 0 Å². The third-order valence-electron chi connectivity index (χ3n) is 11.4. The van der Waals surface area contributed by atoms with Crippen LogP contribution in [-0.2, 0) is 0 Å². The number of nitrogens with zero attached hydrogens (tertiary/aromatic N) is 2. The highest BCUT2D eigenvalue weighted by Gasteiger charge is 2.19. The van der Waals surface area contributed by atoms with E-state index < -0.39 is 0 Å². The van der Waals surface area contributed by atoms with E-state index in [9.17, 15) is 0 Å². The molecule has 0 radical (unpaired) electrons. The van der Waals surface area contributed by atoms with E-state index in [1.165, 1.54) is 99.5 Å². The Hall–Kier alpha value is -7.42. The van der Waals surface area contributed by atoms with Crippen LogP contribution >= 0.6 is 0 Å². The van der Waals surface area contributed by atoms with Crippen LogP contribution in [0.3, 0.4) is 0 Å². The van der Waals surface area contributed by atoms with Gasteiger partial charge in [-0.3, -0.25) is 0 Å². The van der Waals surface area contributed by atoms with Crippen molar-refractivity contribution in [3.63, 3.8) is 0 Å². The molecule has 262 valence electrons. The zero-order chi connectivity index (χ0) is 37.0. The van der Waals surface area contributed by atoms with Gasteiger partial charge in [-0.1, -0.05) is 170 Å². The lowest BCUT2D eigenvalue weighted by molar-refractivity contribution is 1.18. The molecular weight excluding hydrogens is 677 g/mol. The fourth-order valence-corrected chi connectivity index (χ4v) is 8.74. The Morgan fingerprint density at radius 1 is 0.214 bits per heavy atom. The van der Waals surface area contributed by atoms with Gasteiger partial charge in [-0.2, -0.15) is 0 Å². The van der Waals surface area contributed by atoms with Crippen molar-refractivity contribution in [1.29, 1.82) is 0 Å². The molecule has 11 aromatic rings. The minimum atomic E-state index is 1.17. The standard InChI is InChI=1S/C54H36N2/c1-3-15-37(16-4-1)38-27-29-40(30-28-38)44-20-8-12-24-50(44)56-52-26-14-10-22-46(52)48-36-42(32-34-54(48)56)41-31-33-53-47(35-41)45-21-9-13-25-51(45)55(53)49-23-11-7-19-43(49)39-17-5-2-6-18-39/h1-36H. The summed E-state index contributed by atoms with van der Waals surface area (Å²) >= 11 is 0. The number of aromatic nitrogens is 2. The van der Waals surface area contributed by atoms with Crippen LogP contribution in [0.15, 0.2) is 218 Å². The van der Waals surface area contributed by atoms with Crippen LogP contribution in [-0.4, -0.2) is 9.13 Å². The van der Waals surface area contributed by atoms with Crippen molar-refractivity contribution in [2.75, 3.05) is 0 Å². The van der Waals surface area contributed by atoms with E-state index in [2.05, 4.69) is 228 Å². The lowest BCUT2D eigenvalue weighted by atomic mass is 9.99. The number of rotatable bonds is 6. The van der Waals surface area contributed by atoms with E-state index >= 15 is 0 Å². The molecule has 0 aliphatic heterocycles. The first-order valence-corrected chi connectivity index (χ1v) is 19.3. The average molecular weight is 713 g/mol. The fourth-order valence-electron chi connectivity index (χ4n) is 8.74. The van der Waals surface area contributed by atoms with Crippen molar-refractivity contribution in [3.8, 4) is 55.9 Å². The molecule has 0 bridgehead atoms. The maximum absolute atomic E-state index is 2.44. The quantitative estimate of drug-likeness (QED) is 0.162. The van der Waals surface area contributed by atoms with Gasteiger partial charge in [0, 0.05) is 32.7 Å². The van der Waals surface area contributed by atoms with Gasteiger partial charge in [0.05, 0.1) is 33.4 Å². The summed E-state index contributed by atoms with van der Waals surface area (Å²) in [5, 5.41) is 4.98. The van der Waals surface area contributed by atoms with Gasteiger partial charge in [0.25, 0.3) is 0 Å². The third kappa shape index (κ3) is 5.19. The van der Waals surface area contributed by atoms with Crippen LogP contribution in [0.2, 0.25) is 0 Å². The Morgan fingerprint density at radius 2 is 0.554 bits per heavy atom. The first-order chi connectivity index (χ1) is 27.8. The number of hydrogen-bond donors (Lipinski definition) is 0. The monoisotopic (exact) mass is 712 g/mol. The van der Waals surface area contributed by atoms with Gasteiger partial charge in [-0.15, -0.1) is 0 Å². The second kappa shape index (κ2) is 13.2. The predicted octanol–water partition coefficient (Wildman–Crippen LogP) is 14.5. The summed E-state index contributed by atoms with van der Waals surface area (Å²) in [5.41, 5.74) is 16.8. The van der Waals surface area contributed by atoms with Crippen molar-refractivity contribution in [2.45, 2.75) is 0 Å². The van der Waals surface area contributed by atoms with Gasteiger partial charge in [-0.25, -0.2) is 0 Å². The Balaban J connectivity index is 1.05. The van der Waals surface area contributed by atoms with E-state index in [-0.39, 0.29) is 0 Å². The summed E-state index contributed by atoms with van der Waals surface area (Å²) < 4.78 is 4.87. The Kier molecular flexibility index (Phi) is 7.53. The topological polar surface area (TPSA) is 9.86 Å². The number of fused-ring (bicyclic) bond motifs is 6. The number of benzene rings is 9. The van der Waals surface area contributed by atoms with E-state index in [4.69, 9.17) is 0 Å². The largest absolute Gasteiger partial charge is 0.309 e. The molecule has 0 amide bonds. The molecule has 0 saturated heterocycles. The molecule has 0 aliphatic rings. The summed E-state index contributed by atoms with van der Waals surface area (Å²) in [5.74, 6) is 0. The summed E-state index contributed by atoms with van der Waals surface area (Å²) in [6.07, 6.45) is 0. The third-order valence-corrected chi connectivity index (χ3v) is 11.4. The van der Waals surface area contributed by atoms with Crippen LogP contribution < -0.4 is 0 Å². The molecule has 56 heavy (non-hydrogen) atoms. The van der Waals surface area contributed by atoms with Crippen molar-refractivity contribution < 1.29 is 0 Å². The van der Waals surface area contributed by atoms with E-state index in [1.807, 2.05) is 0 Å². The molecule has 0 atom stereocenters. The molecule has 2 aromatic heterocycles. The average Bonchev–Trinajstić information content (AvgIpc) is 3.79. The van der Waals surface area contributed by atoms with Gasteiger partial charge in [0.2, 0.25) is 0 Å². The summed E-state index contributed by atoms with van der Waals surface area (Å²) in [6.45, 7) is 0. The first-order valence-electron chi connectivity index (χ1n) is 19.3. The molecule has 0 spiro atoms. The van der Waals surface area contributed by atoms with E-state index in [0.717, 1.165) is 0 Å². The van der Waals surface area contributed by atoms with Gasteiger partial charge in [0.1, 0.15) is 0 Å². The van der Waals surface area contributed by atoms with Gasteiger partial charge >= 0.3 is 0 Å². The zero-order valence-electron chi connectivity index (χ0n) is 30.7. The smallest absolute Gasteiger partial charge is 0.0541 e. The molecule has 0 fully saturated rings. The van der Waals surface area contributed by atoms with Crippen LogP contribution in [0.1, 0.15) is 0 Å². The molecule has 2 heterocycles. The minimum Gasteiger partial charge on any atom is -0.309 e. The molecule has 2 nitrogen and oxygen atoms in total. The number of hydrogen-bond acceptors (Lipinski definition) is 0. The van der Waals surface area contributed by atoms with Gasteiger partial charge < -0.3 is 9.13 Å². The molecular formula is C54H36N2. The Labute approximate surface area is 325 Å². The van der Waals surface area contributed by atoms with Gasteiger partial charge in [-0.05, 0) is 81.9 Å². The molecule has 11 rings (SSSR count). The lowest BCUT2D eigenvalue weighted by Gasteiger charge is -2.15. The molecule has 2 heteroatoms. The lowest BCUT2D eigenvalue weighted by Crippen LogP contribution is -1.97. The fraction of sp³-hybridized carbons (Fsp3) is 0. The molecule has 0 saturated carbocycles. The minimum absolute atomic E-state index is 1.17.